The highest BCUT2D eigenvalue weighted by molar-refractivity contribution is 6.39. The summed E-state index contributed by atoms with van der Waals surface area (Å²) >= 11 is 0. The fraction of sp³-hybridized carbons (Fsp3) is 0.0455. The number of ketones is 3. The van der Waals surface area contributed by atoms with Crippen molar-refractivity contribution in [3.05, 3.63) is 99.7 Å². The summed E-state index contributed by atoms with van der Waals surface area (Å²) in [6.07, 6.45) is 2.98. The lowest BCUT2D eigenvalue weighted by Crippen LogP contribution is -2.01. The van der Waals surface area contributed by atoms with Crippen molar-refractivity contribution in [1.82, 2.24) is 0 Å². The van der Waals surface area contributed by atoms with Crippen molar-refractivity contribution in [2.45, 2.75) is 6.92 Å². The van der Waals surface area contributed by atoms with Gasteiger partial charge in [0.2, 0.25) is 0 Å². The van der Waals surface area contributed by atoms with E-state index in [9.17, 15) is 19.5 Å². The molecular weight excluding hydrogens is 328 g/mol. The highest BCUT2D eigenvalue weighted by atomic mass is 16.3. The van der Waals surface area contributed by atoms with Crippen LogP contribution >= 0.6 is 0 Å². The summed E-state index contributed by atoms with van der Waals surface area (Å²) in [5.74, 6) is -1.01. The van der Waals surface area contributed by atoms with Gasteiger partial charge in [-0.25, -0.2) is 0 Å². The summed E-state index contributed by atoms with van der Waals surface area (Å²) in [4.78, 5) is 37.4. The maximum absolute atomic E-state index is 12.5. The van der Waals surface area contributed by atoms with Crippen molar-refractivity contribution in [3.63, 3.8) is 0 Å². The standard InChI is InChI=1S/C22H14O4/c1-12(10-17-19(23)13-6-2-3-7-14(13)20(17)24)11-18-21(25)15-8-4-5-9-16(15)22(18)26/h2-11,23H,1H3/b12-10+. The van der Waals surface area contributed by atoms with Crippen LogP contribution in [0.15, 0.2) is 77.4 Å². The highest BCUT2D eigenvalue weighted by Crippen LogP contribution is 2.33. The molecule has 0 radical (unpaired) electrons. The first-order chi connectivity index (χ1) is 12.5. The molecule has 2 aliphatic carbocycles. The number of aliphatic hydroxyl groups excluding tert-OH is 1. The molecule has 0 saturated carbocycles. The van der Waals surface area contributed by atoms with E-state index in [1.165, 1.54) is 12.2 Å². The van der Waals surface area contributed by atoms with Crippen LogP contribution in [0.25, 0.3) is 5.76 Å². The molecule has 26 heavy (non-hydrogen) atoms. The number of allylic oxidation sites excluding steroid dienone is 5. The zero-order chi connectivity index (χ0) is 18.4. The zero-order valence-electron chi connectivity index (χ0n) is 13.9. The Morgan fingerprint density at radius 2 is 1.23 bits per heavy atom. The van der Waals surface area contributed by atoms with Crippen molar-refractivity contribution < 1.29 is 19.5 Å². The van der Waals surface area contributed by atoms with E-state index in [0.29, 0.717) is 27.8 Å². The number of hydrogen-bond acceptors (Lipinski definition) is 4. The number of benzene rings is 2. The molecule has 4 nitrogen and oxygen atoms in total. The number of Topliss-reactive ketones (excluding diaryl/α,β-unsaturated/α-hetero) is 3. The second kappa shape index (κ2) is 5.77. The van der Waals surface area contributed by atoms with Gasteiger partial charge < -0.3 is 5.11 Å². The quantitative estimate of drug-likeness (QED) is 0.659. The second-order valence-corrected chi connectivity index (χ2v) is 6.29. The van der Waals surface area contributed by atoms with E-state index >= 15 is 0 Å². The second-order valence-electron chi connectivity index (χ2n) is 6.29. The summed E-state index contributed by atoms with van der Waals surface area (Å²) in [5, 5.41) is 10.3. The van der Waals surface area contributed by atoms with E-state index in [0.717, 1.165) is 0 Å². The number of rotatable bonds is 2. The third kappa shape index (κ3) is 2.27. The SMILES string of the molecule is C/C(C=C1C(=O)c2ccccc2C1=O)=C\C1=C(O)c2ccccc2C1=O. The maximum atomic E-state index is 12.5. The van der Waals surface area contributed by atoms with Crippen molar-refractivity contribution in [1.29, 1.82) is 0 Å². The summed E-state index contributed by atoms with van der Waals surface area (Å²) in [6, 6.07) is 13.5. The number of hydrogen-bond donors (Lipinski definition) is 1. The van der Waals surface area contributed by atoms with Crippen LogP contribution < -0.4 is 0 Å². The largest absolute Gasteiger partial charge is 0.507 e. The van der Waals surface area contributed by atoms with E-state index in [2.05, 4.69) is 0 Å². The highest BCUT2D eigenvalue weighted by Gasteiger charge is 2.33. The van der Waals surface area contributed by atoms with Crippen LogP contribution in [-0.2, 0) is 0 Å². The first-order valence-electron chi connectivity index (χ1n) is 8.15. The van der Waals surface area contributed by atoms with Gasteiger partial charge in [-0.15, -0.1) is 0 Å². The molecule has 0 unspecified atom stereocenters. The van der Waals surface area contributed by atoms with E-state index < -0.39 is 0 Å². The van der Waals surface area contributed by atoms with Crippen LogP contribution in [0, 0.1) is 0 Å². The fourth-order valence-corrected chi connectivity index (χ4v) is 3.32. The summed E-state index contributed by atoms with van der Waals surface area (Å²) in [6.45, 7) is 1.69. The molecule has 2 aromatic carbocycles. The van der Waals surface area contributed by atoms with Crippen LogP contribution in [0.2, 0.25) is 0 Å². The minimum absolute atomic E-state index is 0.0722. The van der Waals surface area contributed by atoms with Crippen molar-refractivity contribution in [3.8, 4) is 0 Å². The smallest absolute Gasteiger partial charge is 0.197 e. The number of carbonyl (C=O) groups excluding carboxylic acids is 3. The van der Waals surface area contributed by atoms with Crippen molar-refractivity contribution >= 4 is 23.1 Å². The molecule has 2 aliphatic rings. The van der Waals surface area contributed by atoms with Crippen LogP contribution in [0.4, 0.5) is 0 Å². The summed E-state index contributed by atoms with van der Waals surface area (Å²) in [7, 11) is 0. The van der Waals surface area contributed by atoms with Gasteiger partial charge in [-0.05, 0) is 24.6 Å². The Hall–Kier alpha value is -3.53. The molecule has 0 atom stereocenters. The Labute approximate surface area is 149 Å². The molecule has 0 bridgehead atoms. The lowest BCUT2D eigenvalue weighted by atomic mass is 10.0. The van der Waals surface area contributed by atoms with Gasteiger partial charge in [0.1, 0.15) is 5.76 Å². The molecule has 0 amide bonds. The average molecular weight is 342 g/mol. The Kier molecular flexibility index (Phi) is 3.55. The third-order valence-electron chi connectivity index (χ3n) is 4.58. The van der Waals surface area contributed by atoms with Crippen molar-refractivity contribution in [2.24, 2.45) is 0 Å². The molecule has 0 spiro atoms. The van der Waals surface area contributed by atoms with Crippen molar-refractivity contribution in [2.75, 3.05) is 0 Å². The van der Waals surface area contributed by atoms with Gasteiger partial charge in [0, 0.05) is 22.3 Å². The van der Waals surface area contributed by atoms with E-state index in [4.69, 9.17) is 0 Å². The maximum Gasteiger partial charge on any atom is 0.197 e. The molecule has 4 rings (SSSR count). The lowest BCUT2D eigenvalue weighted by molar-refractivity contribution is 0.0986. The monoisotopic (exact) mass is 342 g/mol. The van der Waals surface area contributed by atoms with Crippen LogP contribution in [0.1, 0.15) is 43.6 Å². The zero-order valence-corrected chi connectivity index (χ0v) is 13.9. The van der Waals surface area contributed by atoms with Gasteiger partial charge in [0.25, 0.3) is 0 Å². The summed E-state index contributed by atoms with van der Waals surface area (Å²) in [5.41, 5.74) is 2.49. The Morgan fingerprint density at radius 3 is 1.73 bits per heavy atom. The van der Waals surface area contributed by atoms with Crippen LogP contribution in [-0.4, -0.2) is 22.5 Å². The molecule has 1 N–H and O–H groups in total. The predicted octanol–water partition coefficient (Wildman–Crippen LogP) is 4.10. The predicted molar refractivity (Wildman–Crippen MR) is 97.3 cm³/mol. The molecule has 0 aliphatic heterocycles. The minimum Gasteiger partial charge on any atom is -0.507 e. The minimum atomic E-state index is -0.322. The van der Waals surface area contributed by atoms with E-state index in [-0.39, 0.29) is 34.3 Å². The van der Waals surface area contributed by atoms with Gasteiger partial charge >= 0.3 is 0 Å². The topological polar surface area (TPSA) is 71.4 Å². The van der Waals surface area contributed by atoms with Gasteiger partial charge in [0.15, 0.2) is 17.3 Å². The molecule has 0 heterocycles. The average Bonchev–Trinajstić information content (AvgIpc) is 3.03. The molecular formula is C22H14O4. The number of aliphatic hydroxyl groups is 1. The first kappa shape index (κ1) is 16.0. The normalized spacial score (nSPS) is 16.3. The van der Waals surface area contributed by atoms with Gasteiger partial charge in [-0.3, -0.25) is 14.4 Å². The molecule has 0 fully saturated rings. The van der Waals surface area contributed by atoms with E-state index in [1.54, 1.807) is 55.5 Å². The molecule has 4 heteroatoms. The molecule has 0 saturated heterocycles. The Balaban J connectivity index is 1.72. The Morgan fingerprint density at radius 1 is 0.769 bits per heavy atom. The van der Waals surface area contributed by atoms with Gasteiger partial charge in [-0.1, -0.05) is 48.5 Å². The van der Waals surface area contributed by atoms with Crippen LogP contribution in [0.3, 0.4) is 0 Å². The lowest BCUT2D eigenvalue weighted by Gasteiger charge is -1.98. The first-order valence-corrected chi connectivity index (χ1v) is 8.15. The van der Waals surface area contributed by atoms with Crippen LogP contribution in [0.5, 0.6) is 0 Å². The molecule has 2 aromatic rings. The molecule has 0 aromatic heterocycles. The fourth-order valence-electron chi connectivity index (χ4n) is 3.32. The third-order valence-corrected chi connectivity index (χ3v) is 4.58. The Bertz CT molecular complexity index is 1060. The summed E-state index contributed by atoms with van der Waals surface area (Å²) < 4.78 is 0. The number of carbonyl (C=O) groups is 3. The van der Waals surface area contributed by atoms with Gasteiger partial charge in [-0.2, -0.15) is 0 Å². The number of fused-ring (bicyclic) bond motifs is 2. The van der Waals surface area contributed by atoms with Gasteiger partial charge in [0.05, 0.1) is 11.1 Å². The van der Waals surface area contributed by atoms with E-state index in [1.807, 2.05) is 0 Å². The molecule has 126 valence electrons.